The number of aryl methyl sites for hydroxylation is 2. The highest BCUT2D eigenvalue weighted by Gasteiger charge is 2.11. The molecule has 0 amide bonds. The van der Waals surface area contributed by atoms with Gasteiger partial charge in [0.25, 0.3) is 0 Å². The second-order valence-corrected chi connectivity index (χ2v) is 6.27. The summed E-state index contributed by atoms with van der Waals surface area (Å²) in [4.78, 5) is 8.96. The highest BCUT2D eigenvalue weighted by molar-refractivity contribution is 5.56. The fourth-order valence-corrected chi connectivity index (χ4v) is 2.03. The Labute approximate surface area is 127 Å². The van der Waals surface area contributed by atoms with Crippen LogP contribution in [0.25, 0.3) is 0 Å². The average molecular weight is 284 g/mol. The van der Waals surface area contributed by atoms with Gasteiger partial charge < -0.3 is 10.6 Å². The Morgan fingerprint density at radius 2 is 1.71 bits per heavy atom. The molecule has 2 rings (SSSR count). The molecule has 1 aromatic heterocycles. The van der Waals surface area contributed by atoms with Crippen LogP contribution in [0.2, 0.25) is 0 Å². The zero-order chi connectivity index (χ0) is 15.5. The zero-order valence-electron chi connectivity index (χ0n) is 13.5. The van der Waals surface area contributed by atoms with Crippen LogP contribution in [-0.4, -0.2) is 15.5 Å². The van der Waals surface area contributed by atoms with Gasteiger partial charge in [-0.25, -0.2) is 4.98 Å². The van der Waals surface area contributed by atoms with Gasteiger partial charge in [0.1, 0.15) is 5.82 Å². The summed E-state index contributed by atoms with van der Waals surface area (Å²) in [6.45, 7) is 10.5. The summed E-state index contributed by atoms with van der Waals surface area (Å²) in [5, 5.41) is 6.64. The Kier molecular flexibility index (Phi) is 4.46. The van der Waals surface area contributed by atoms with Gasteiger partial charge in [-0.05, 0) is 51.8 Å². The molecular formula is C17H24N4. The lowest BCUT2D eigenvalue weighted by molar-refractivity contribution is 0.630. The molecule has 0 fully saturated rings. The van der Waals surface area contributed by atoms with Crippen molar-refractivity contribution < 1.29 is 0 Å². The lowest BCUT2D eigenvalue weighted by atomic mass is 10.1. The standard InChI is InChI=1S/C17H24N4/c1-6-13-7-9-14(10-8-13)19-16-18-12(2)11-15(20-16)21-17(3,4)5/h7-11H,6H2,1-5H3,(H2,18,19,20,21). The van der Waals surface area contributed by atoms with E-state index in [4.69, 9.17) is 0 Å². The maximum Gasteiger partial charge on any atom is 0.229 e. The summed E-state index contributed by atoms with van der Waals surface area (Å²) in [7, 11) is 0. The first kappa shape index (κ1) is 15.3. The number of benzene rings is 1. The molecule has 4 nitrogen and oxygen atoms in total. The van der Waals surface area contributed by atoms with Gasteiger partial charge in [-0.3, -0.25) is 0 Å². The molecule has 2 aromatic rings. The molecule has 0 atom stereocenters. The number of hydrogen-bond donors (Lipinski definition) is 2. The Balaban J connectivity index is 2.19. The maximum absolute atomic E-state index is 4.52. The van der Waals surface area contributed by atoms with Crippen molar-refractivity contribution >= 4 is 17.5 Å². The molecule has 1 heterocycles. The van der Waals surface area contributed by atoms with Gasteiger partial charge in [0.05, 0.1) is 0 Å². The van der Waals surface area contributed by atoms with Crippen molar-refractivity contribution in [2.45, 2.75) is 46.6 Å². The van der Waals surface area contributed by atoms with E-state index in [1.54, 1.807) is 0 Å². The minimum atomic E-state index is -0.0269. The molecule has 2 N–H and O–H groups in total. The largest absolute Gasteiger partial charge is 0.365 e. The van der Waals surface area contributed by atoms with Crippen molar-refractivity contribution in [1.82, 2.24) is 9.97 Å². The quantitative estimate of drug-likeness (QED) is 0.878. The van der Waals surface area contributed by atoms with Crippen LogP contribution in [0.4, 0.5) is 17.5 Å². The fraction of sp³-hybridized carbons (Fsp3) is 0.412. The predicted octanol–water partition coefficient (Wildman–Crippen LogP) is 4.30. The molecule has 0 spiro atoms. The van der Waals surface area contributed by atoms with E-state index in [0.717, 1.165) is 23.6 Å². The number of aromatic nitrogens is 2. The van der Waals surface area contributed by atoms with Crippen LogP contribution < -0.4 is 10.6 Å². The smallest absolute Gasteiger partial charge is 0.229 e. The number of nitrogens with one attached hydrogen (secondary N) is 2. The molecule has 0 saturated carbocycles. The van der Waals surface area contributed by atoms with E-state index in [1.807, 2.05) is 13.0 Å². The summed E-state index contributed by atoms with van der Waals surface area (Å²) < 4.78 is 0. The predicted molar refractivity (Wildman–Crippen MR) is 89.2 cm³/mol. The summed E-state index contributed by atoms with van der Waals surface area (Å²) >= 11 is 0. The fourth-order valence-electron chi connectivity index (χ4n) is 2.03. The maximum atomic E-state index is 4.52. The number of hydrogen-bond acceptors (Lipinski definition) is 4. The number of rotatable bonds is 4. The second kappa shape index (κ2) is 6.12. The minimum absolute atomic E-state index is 0.0269. The first-order valence-electron chi connectivity index (χ1n) is 7.35. The van der Waals surface area contributed by atoms with Gasteiger partial charge in [0.2, 0.25) is 5.95 Å². The van der Waals surface area contributed by atoms with Crippen LogP contribution in [0.3, 0.4) is 0 Å². The number of anilines is 3. The molecule has 112 valence electrons. The lowest BCUT2D eigenvalue weighted by Crippen LogP contribution is -2.27. The third kappa shape index (κ3) is 4.74. The topological polar surface area (TPSA) is 49.8 Å². The van der Waals surface area contributed by atoms with Gasteiger partial charge in [-0.2, -0.15) is 4.98 Å². The third-order valence-corrected chi connectivity index (χ3v) is 2.98. The Bertz CT molecular complexity index is 597. The Morgan fingerprint density at radius 3 is 2.29 bits per heavy atom. The van der Waals surface area contributed by atoms with Gasteiger partial charge in [0.15, 0.2) is 0 Å². The molecule has 0 aliphatic carbocycles. The van der Waals surface area contributed by atoms with E-state index in [0.29, 0.717) is 5.95 Å². The summed E-state index contributed by atoms with van der Waals surface area (Å²) in [6, 6.07) is 10.3. The van der Waals surface area contributed by atoms with E-state index in [-0.39, 0.29) is 5.54 Å². The molecule has 0 unspecified atom stereocenters. The highest BCUT2D eigenvalue weighted by atomic mass is 15.2. The van der Waals surface area contributed by atoms with Crippen LogP contribution in [0.15, 0.2) is 30.3 Å². The number of nitrogens with zero attached hydrogens (tertiary/aromatic N) is 2. The highest BCUT2D eigenvalue weighted by Crippen LogP contribution is 2.18. The van der Waals surface area contributed by atoms with Crippen LogP contribution in [-0.2, 0) is 6.42 Å². The van der Waals surface area contributed by atoms with Crippen LogP contribution in [0, 0.1) is 6.92 Å². The molecule has 21 heavy (non-hydrogen) atoms. The molecular weight excluding hydrogens is 260 g/mol. The lowest BCUT2D eigenvalue weighted by Gasteiger charge is -2.21. The molecule has 1 aromatic carbocycles. The summed E-state index contributed by atoms with van der Waals surface area (Å²) in [5.74, 6) is 1.45. The normalized spacial score (nSPS) is 11.3. The van der Waals surface area contributed by atoms with Crippen LogP contribution in [0.5, 0.6) is 0 Å². The molecule has 0 radical (unpaired) electrons. The van der Waals surface area contributed by atoms with Gasteiger partial charge in [-0.15, -0.1) is 0 Å². The van der Waals surface area contributed by atoms with E-state index < -0.39 is 0 Å². The minimum Gasteiger partial charge on any atom is -0.365 e. The van der Waals surface area contributed by atoms with Crippen molar-refractivity contribution in [3.05, 3.63) is 41.6 Å². The van der Waals surface area contributed by atoms with Gasteiger partial charge in [-0.1, -0.05) is 19.1 Å². The second-order valence-electron chi connectivity index (χ2n) is 6.27. The van der Waals surface area contributed by atoms with Crippen molar-refractivity contribution in [3.63, 3.8) is 0 Å². The van der Waals surface area contributed by atoms with Crippen LogP contribution >= 0.6 is 0 Å². The molecule has 0 bridgehead atoms. The van der Waals surface area contributed by atoms with E-state index in [2.05, 4.69) is 72.6 Å². The summed E-state index contributed by atoms with van der Waals surface area (Å²) in [5.41, 5.74) is 3.23. The molecule has 0 aliphatic heterocycles. The summed E-state index contributed by atoms with van der Waals surface area (Å²) in [6.07, 6.45) is 1.04. The molecule has 0 aliphatic rings. The third-order valence-electron chi connectivity index (χ3n) is 2.98. The van der Waals surface area contributed by atoms with Crippen molar-refractivity contribution in [1.29, 1.82) is 0 Å². The van der Waals surface area contributed by atoms with Gasteiger partial charge >= 0.3 is 0 Å². The van der Waals surface area contributed by atoms with Crippen molar-refractivity contribution in [3.8, 4) is 0 Å². The first-order chi connectivity index (χ1) is 9.85. The SMILES string of the molecule is CCc1ccc(Nc2nc(C)cc(NC(C)(C)C)n2)cc1. The monoisotopic (exact) mass is 284 g/mol. The molecule has 4 heteroatoms. The Morgan fingerprint density at radius 1 is 1.05 bits per heavy atom. The average Bonchev–Trinajstić information content (AvgIpc) is 2.36. The van der Waals surface area contributed by atoms with Gasteiger partial charge in [0, 0.05) is 23.0 Å². The van der Waals surface area contributed by atoms with E-state index in [1.165, 1.54) is 5.56 Å². The van der Waals surface area contributed by atoms with Crippen LogP contribution in [0.1, 0.15) is 39.0 Å². The first-order valence-corrected chi connectivity index (χ1v) is 7.35. The van der Waals surface area contributed by atoms with Crippen molar-refractivity contribution in [2.75, 3.05) is 10.6 Å². The molecule has 0 saturated heterocycles. The Hall–Kier alpha value is -2.10. The zero-order valence-corrected chi connectivity index (χ0v) is 13.5. The van der Waals surface area contributed by atoms with E-state index in [9.17, 15) is 0 Å². The van der Waals surface area contributed by atoms with Crippen molar-refractivity contribution in [2.24, 2.45) is 0 Å². The van der Waals surface area contributed by atoms with E-state index >= 15 is 0 Å².